The van der Waals surface area contributed by atoms with Gasteiger partial charge in [0, 0.05) is 36.1 Å². The Bertz CT molecular complexity index is 299. The number of hydrogen-bond acceptors (Lipinski definition) is 2. The fraction of sp³-hybridized carbons (Fsp3) is 0.933. The molecule has 0 unspecified atom stereocenters. The average Bonchev–Trinajstić information content (AvgIpc) is 2.11. The van der Waals surface area contributed by atoms with E-state index in [9.17, 15) is 4.79 Å². The largest absolute Gasteiger partial charge is 0.339 e. The number of piperazine rings is 1. The van der Waals surface area contributed by atoms with E-state index in [0.29, 0.717) is 12.1 Å². The Labute approximate surface area is 113 Å². The van der Waals surface area contributed by atoms with E-state index in [4.69, 9.17) is 0 Å². The first-order valence-corrected chi connectivity index (χ1v) is 7.02. The second kappa shape index (κ2) is 4.84. The van der Waals surface area contributed by atoms with Crippen LogP contribution in [0.25, 0.3) is 0 Å². The molecule has 0 aromatic carbocycles. The number of rotatable bonds is 0. The highest BCUT2D eigenvalue weighted by Gasteiger charge is 2.39. The molecule has 0 saturated carbocycles. The second-order valence-corrected chi connectivity index (χ2v) is 7.74. The Balaban J connectivity index is 2.83. The molecule has 0 spiro atoms. The molecule has 106 valence electrons. The standard InChI is InChI=1S/C15H30N2O/c1-11-9-16(13(18)14(3,4)5)10-12(2)17(11)15(6,7)8/h11-12H,9-10H2,1-8H3/t11-,12+. The van der Waals surface area contributed by atoms with Gasteiger partial charge in [-0.05, 0) is 34.6 Å². The van der Waals surface area contributed by atoms with Crippen LogP contribution in [0.3, 0.4) is 0 Å². The van der Waals surface area contributed by atoms with Gasteiger partial charge in [0.2, 0.25) is 5.91 Å². The van der Waals surface area contributed by atoms with E-state index in [0.717, 1.165) is 13.1 Å². The molecule has 1 aliphatic heterocycles. The van der Waals surface area contributed by atoms with Gasteiger partial charge in [-0.3, -0.25) is 9.69 Å². The van der Waals surface area contributed by atoms with Crippen molar-refractivity contribution in [2.24, 2.45) is 5.41 Å². The van der Waals surface area contributed by atoms with Crippen LogP contribution in [0.5, 0.6) is 0 Å². The van der Waals surface area contributed by atoms with Gasteiger partial charge in [0.1, 0.15) is 0 Å². The molecule has 3 heteroatoms. The smallest absolute Gasteiger partial charge is 0.228 e. The summed E-state index contributed by atoms with van der Waals surface area (Å²) in [5.41, 5.74) is -0.112. The molecular formula is C15H30N2O. The fourth-order valence-electron chi connectivity index (χ4n) is 3.29. The van der Waals surface area contributed by atoms with E-state index in [2.05, 4.69) is 39.5 Å². The Morgan fingerprint density at radius 2 is 1.33 bits per heavy atom. The maximum Gasteiger partial charge on any atom is 0.228 e. The average molecular weight is 254 g/mol. The van der Waals surface area contributed by atoms with Crippen molar-refractivity contribution in [3.05, 3.63) is 0 Å². The lowest BCUT2D eigenvalue weighted by molar-refractivity contribution is -0.146. The minimum atomic E-state index is -0.274. The SMILES string of the molecule is C[C@@H]1CN(C(=O)C(C)(C)C)C[C@H](C)N1C(C)(C)C. The van der Waals surface area contributed by atoms with Crippen LogP contribution in [0.2, 0.25) is 0 Å². The Morgan fingerprint density at radius 3 is 1.61 bits per heavy atom. The van der Waals surface area contributed by atoms with Gasteiger partial charge in [-0.15, -0.1) is 0 Å². The third kappa shape index (κ3) is 3.25. The second-order valence-electron chi connectivity index (χ2n) is 7.74. The van der Waals surface area contributed by atoms with Gasteiger partial charge in [-0.25, -0.2) is 0 Å². The van der Waals surface area contributed by atoms with Crippen LogP contribution in [0.1, 0.15) is 55.4 Å². The summed E-state index contributed by atoms with van der Waals surface area (Å²) in [6.07, 6.45) is 0. The summed E-state index contributed by atoms with van der Waals surface area (Å²) in [5, 5.41) is 0. The van der Waals surface area contributed by atoms with Gasteiger partial charge >= 0.3 is 0 Å². The molecule has 1 rings (SSSR count). The monoisotopic (exact) mass is 254 g/mol. The van der Waals surface area contributed by atoms with E-state index in [1.807, 2.05) is 25.7 Å². The van der Waals surface area contributed by atoms with E-state index >= 15 is 0 Å². The number of hydrogen-bond donors (Lipinski definition) is 0. The molecule has 0 bridgehead atoms. The molecule has 1 saturated heterocycles. The fourth-order valence-corrected chi connectivity index (χ4v) is 3.29. The number of carbonyl (C=O) groups is 1. The van der Waals surface area contributed by atoms with Gasteiger partial charge in [0.05, 0.1) is 0 Å². The molecule has 1 amide bonds. The minimum absolute atomic E-state index is 0.162. The lowest BCUT2D eigenvalue weighted by atomic mass is 9.91. The Kier molecular flexibility index (Phi) is 4.16. The summed E-state index contributed by atoms with van der Waals surface area (Å²) in [6, 6.07) is 0.833. The van der Waals surface area contributed by atoms with Gasteiger partial charge in [-0.2, -0.15) is 0 Å². The topological polar surface area (TPSA) is 23.6 Å². The maximum absolute atomic E-state index is 12.4. The van der Waals surface area contributed by atoms with Gasteiger partial charge < -0.3 is 4.90 Å². The highest BCUT2D eigenvalue weighted by molar-refractivity contribution is 5.81. The van der Waals surface area contributed by atoms with Crippen LogP contribution < -0.4 is 0 Å². The van der Waals surface area contributed by atoms with E-state index in [1.54, 1.807) is 0 Å². The highest BCUT2D eigenvalue weighted by atomic mass is 16.2. The zero-order valence-electron chi connectivity index (χ0n) is 13.4. The molecule has 2 atom stereocenters. The van der Waals surface area contributed by atoms with Crippen molar-refractivity contribution in [3.63, 3.8) is 0 Å². The van der Waals surface area contributed by atoms with Crippen molar-refractivity contribution < 1.29 is 4.79 Å². The van der Waals surface area contributed by atoms with E-state index < -0.39 is 0 Å². The predicted molar refractivity (Wildman–Crippen MR) is 76.6 cm³/mol. The van der Waals surface area contributed by atoms with Crippen molar-refractivity contribution in [1.29, 1.82) is 0 Å². The molecule has 3 nitrogen and oxygen atoms in total. The van der Waals surface area contributed by atoms with Crippen molar-refractivity contribution in [1.82, 2.24) is 9.80 Å². The van der Waals surface area contributed by atoms with Crippen LogP contribution in [-0.2, 0) is 4.79 Å². The Morgan fingerprint density at radius 1 is 0.944 bits per heavy atom. The predicted octanol–water partition coefficient (Wildman–Crippen LogP) is 2.75. The third-order valence-electron chi connectivity index (χ3n) is 3.62. The molecule has 0 aromatic rings. The molecular weight excluding hydrogens is 224 g/mol. The molecule has 0 radical (unpaired) electrons. The first-order valence-electron chi connectivity index (χ1n) is 7.02. The third-order valence-corrected chi connectivity index (χ3v) is 3.62. The summed E-state index contributed by atoms with van der Waals surface area (Å²) in [7, 11) is 0. The van der Waals surface area contributed by atoms with Crippen LogP contribution in [0, 0.1) is 5.41 Å². The molecule has 1 fully saturated rings. The zero-order valence-corrected chi connectivity index (χ0v) is 13.4. The normalized spacial score (nSPS) is 27.4. The minimum Gasteiger partial charge on any atom is -0.339 e. The van der Waals surface area contributed by atoms with Gasteiger partial charge in [-0.1, -0.05) is 20.8 Å². The zero-order chi connectivity index (χ0) is 14.3. The molecule has 18 heavy (non-hydrogen) atoms. The van der Waals surface area contributed by atoms with E-state index in [1.165, 1.54) is 0 Å². The summed E-state index contributed by atoms with van der Waals surface area (Å²) < 4.78 is 0. The summed E-state index contributed by atoms with van der Waals surface area (Å²) in [5.74, 6) is 0.273. The summed E-state index contributed by atoms with van der Waals surface area (Å²) in [6.45, 7) is 18.9. The molecule has 0 aliphatic carbocycles. The molecule has 1 heterocycles. The number of nitrogens with zero attached hydrogens (tertiary/aromatic N) is 2. The van der Waals surface area contributed by atoms with E-state index in [-0.39, 0.29) is 16.9 Å². The Hall–Kier alpha value is -0.570. The first kappa shape index (κ1) is 15.5. The van der Waals surface area contributed by atoms with Crippen LogP contribution in [0.15, 0.2) is 0 Å². The molecule has 0 aromatic heterocycles. The quantitative estimate of drug-likeness (QED) is 0.663. The highest BCUT2D eigenvalue weighted by Crippen LogP contribution is 2.27. The van der Waals surface area contributed by atoms with Gasteiger partial charge in [0.25, 0.3) is 0 Å². The van der Waals surface area contributed by atoms with Gasteiger partial charge in [0.15, 0.2) is 0 Å². The van der Waals surface area contributed by atoms with Crippen LogP contribution in [-0.4, -0.2) is 46.4 Å². The van der Waals surface area contributed by atoms with Crippen LogP contribution in [0.4, 0.5) is 0 Å². The number of carbonyl (C=O) groups excluding carboxylic acids is 1. The van der Waals surface area contributed by atoms with Crippen molar-refractivity contribution >= 4 is 5.91 Å². The maximum atomic E-state index is 12.4. The van der Waals surface area contributed by atoms with Crippen LogP contribution >= 0.6 is 0 Å². The molecule has 0 N–H and O–H groups in total. The molecule has 1 aliphatic rings. The lowest BCUT2D eigenvalue weighted by Crippen LogP contribution is -2.64. The number of amides is 1. The van der Waals surface area contributed by atoms with Crippen molar-refractivity contribution in [3.8, 4) is 0 Å². The summed E-state index contributed by atoms with van der Waals surface area (Å²) in [4.78, 5) is 16.9. The van der Waals surface area contributed by atoms with Crippen molar-refractivity contribution in [2.75, 3.05) is 13.1 Å². The van der Waals surface area contributed by atoms with Crippen molar-refractivity contribution in [2.45, 2.75) is 73.0 Å². The first-order chi connectivity index (χ1) is 7.94. The summed E-state index contributed by atoms with van der Waals surface area (Å²) >= 11 is 0. The lowest BCUT2D eigenvalue weighted by Gasteiger charge is -2.51.